The Labute approximate surface area is 212 Å². The van der Waals surface area contributed by atoms with Crippen molar-refractivity contribution in [3.8, 4) is 22.4 Å². The Morgan fingerprint density at radius 2 is 1.47 bits per heavy atom. The predicted molar refractivity (Wildman–Crippen MR) is 143 cm³/mol. The van der Waals surface area contributed by atoms with Gasteiger partial charge in [-0.1, -0.05) is 84.9 Å². The SMILES string of the molecule is O=C(O)CC1(c2ccc(-c3ccc(-c4ncccc4C(O)CCCc4ccccc4)cc3)cc2)CC1. The number of benzene rings is 3. The van der Waals surface area contributed by atoms with Gasteiger partial charge in [0.15, 0.2) is 0 Å². The van der Waals surface area contributed by atoms with Crippen LogP contribution in [0.15, 0.2) is 97.2 Å². The molecule has 0 saturated heterocycles. The third kappa shape index (κ3) is 5.39. The molecule has 5 rings (SSSR count). The highest BCUT2D eigenvalue weighted by atomic mass is 16.4. The molecular weight excluding hydrogens is 446 g/mol. The van der Waals surface area contributed by atoms with Crippen molar-refractivity contribution in [3.63, 3.8) is 0 Å². The van der Waals surface area contributed by atoms with Gasteiger partial charge in [-0.3, -0.25) is 9.78 Å². The van der Waals surface area contributed by atoms with E-state index in [9.17, 15) is 15.0 Å². The fraction of sp³-hybridized carbons (Fsp3) is 0.250. The number of rotatable bonds is 10. The topological polar surface area (TPSA) is 70.4 Å². The van der Waals surface area contributed by atoms with E-state index in [0.29, 0.717) is 6.42 Å². The lowest BCUT2D eigenvalue weighted by Crippen LogP contribution is -2.12. The number of aliphatic hydroxyl groups is 1. The lowest BCUT2D eigenvalue weighted by molar-refractivity contribution is -0.137. The number of carbonyl (C=O) groups is 1. The number of aromatic nitrogens is 1. The van der Waals surface area contributed by atoms with Crippen LogP contribution in [0.4, 0.5) is 0 Å². The Morgan fingerprint density at radius 3 is 2.11 bits per heavy atom. The first kappa shape index (κ1) is 24.0. The average Bonchev–Trinajstić information content (AvgIpc) is 3.69. The van der Waals surface area contributed by atoms with Crippen LogP contribution in [0.2, 0.25) is 0 Å². The highest BCUT2D eigenvalue weighted by Gasteiger charge is 2.45. The Bertz CT molecular complexity index is 1310. The van der Waals surface area contributed by atoms with Crippen LogP contribution in [0, 0.1) is 0 Å². The van der Waals surface area contributed by atoms with E-state index in [0.717, 1.165) is 59.2 Å². The van der Waals surface area contributed by atoms with Gasteiger partial charge in [-0.15, -0.1) is 0 Å². The lowest BCUT2D eigenvalue weighted by Gasteiger charge is -2.16. The van der Waals surface area contributed by atoms with Gasteiger partial charge >= 0.3 is 5.97 Å². The predicted octanol–water partition coefficient (Wildman–Crippen LogP) is 6.98. The molecular formula is C32H31NO3. The summed E-state index contributed by atoms with van der Waals surface area (Å²) in [7, 11) is 0. The highest BCUT2D eigenvalue weighted by molar-refractivity contribution is 5.72. The zero-order chi connectivity index (χ0) is 25.0. The summed E-state index contributed by atoms with van der Waals surface area (Å²) in [5, 5.41) is 20.2. The molecule has 36 heavy (non-hydrogen) atoms. The van der Waals surface area contributed by atoms with Gasteiger partial charge in [-0.2, -0.15) is 0 Å². The van der Waals surface area contributed by atoms with Gasteiger partial charge in [-0.05, 0) is 60.4 Å². The van der Waals surface area contributed by atoms with Gasteiger partial charge in [-0.25, -0.2) is 0 Å². The molecule has 1 aromatic heterocycles. The summed E-state index contributed by atoms with van der Waals surface area (Å²) in [4.78, 5) is 15.8. The van der Waals surface area contributed by atoms with Crippen molar-refractivity contribution in [2.45, 2.75) is 50.0 Å². The smallest absolute Gasteiger partial charge is 0.304 e. The number of aryl methyl sites for hydroxylation is 1. The summed E-state index contributed by atoms with van der Waals surface area (Å²) in [6, 6.07) is 30.8. The van der Waals surface area contributed by atoms with Crippen molar-refractivity contribution in [1.29, 1.82) is 0 Å². The Morgan fingerprint density at radius 1 is 0.833 bits per heavy atom. The molecule has 3 aromatic carbocycles. The summed E-state index contributed by atoms with van der Waals surface area (Å²) in [6.07, 6.45) is 5.82. The van der Waals surface area contributed by atoms with Crippen LogP contribution >= 0.6 is 0 Å². The molecule has 1 atom stereocenters. The second-order valence-electron chi connectivity index (χ2n) is 9.84. The minimum Gasteiger partial charge on any atom is -0.481 e. The molecule has 1 fully saturated rings. The molecule has 182 valence electrons. The van der Waals surface area contributed by atoms with Crippen LogP contribution in [0.5, 0.6) is 0 Å². The van der Waals surface area contributed by atoms with Crippen molar-refractivity contribution in [1.82, 2.24) is 4.98 Å². The number of hydrogen-bond acceptors (Lipinski definition) is 3. The number of nitrogens with zero attached hydrogens (tertiary/aromatic N) is 1. The monoisotopic (exact) mass is 477 g/mol. The van der Waals surface area contributed by atoms with Crippen molar-refractivity contribution < 1.29 is 15.0 Å². The molecule has 0 radical (unpaired) electrons. The molecule has 1 aliphatic rings. The standard InChI is InChI=1S/C32H31NO3/c34-29(10-4-8-23-6-2-1-3-7-23)28-9-5-21-33-31(28)26-13-11-24(12-14-26)25-15-17-27(18-16-25)32(19-20-32)22-30(35)36/h1-3,5-7,9,11-18,21,29,34H,4,8,10,19-20,22H2,(H,35,36). The molecule has 0 spiro atoms. The van der Waals surface area contributed by atoms with Gasteiger partial charge in [0, 0.05) is 22.7 Å². The van der Waals surface area contributed by atoms with Gasteiger partial charge in [0.05, 0.1) is 18.2 Å². The van der Waals surface area contributed by atoms with Crippen molar-refractivity contribution in [3.05, 3.63) is 114 Å². The largest absolute Gasteiger partial charge is 0.481 e. The summed E-state index contributed by atoms with van der Waals surface area (Å²) in [6.45, 7) is 0. The second-order valence-corrected chi connectivity index (χ2v) is 9.84. The number of aliphatic carboxylic acids is 1. The van der Waals surface area contributed by atoms with Crippen LogP contribution < -0.4 is 0 Å². The van der Waals surface area contributed by atoms with E-state index in [2.05, 4.69) is 65.6 Å². The molecule has 4 heteroatoms. The quantitative estimate of drug-likeness (QED) is 0.259. The van der Waals surface area contributed by atoms with Gasteiger partial charge in [0.25, 0.3) is 0 Å². The number of aliphatic hydroxyl groups excluding tert-OH is 1. The number of hydrogen-bond donors (Lipinski definition) is 2. The minimum absolute atomic E-state index is 0.175. The third-order valence-electron chi connectivity index (χ3n) is 7.32. The molecule has 1 saturated carbocycles. The number of pyridine rings is 1. The zero-order valence-corrected chi connectivity index (χ0v) is 20.3. The first-order chi connectivity index (χ1) is 17.5. The zero-order valence-electron chi connectivity index (χ0n) is 20.3. The summed E-state index contributed by atoms with van der Waals surface area (Å²) < 4.78 is 0. The van der Waals surface area contributed by atoms with Crippen LogP contribution in [-0.4, -0.2) is 21.2 Å². The Hall–Kier alpha value is -3.76. The number of carboxylic acids is 1. The molecule has 1 unspecified atom stereocenters. The van der Waals surface area contributed by atoms with Crippen molar-refractivity contribution in [2.75, 3.05) is 0 Å². The van der Waals surface area contributed by atoms with E-state index in [-0.39, 0.29) is 11.8 Å². The van der Waals surface area contributed by atoms with E-state index >= 15 is 0 Å². The first-order valence-electron chi connectivity index (χ1n) is 12.6. The highest BCUT2D eigenvalue weighted by Crippen LogP contribution is 2.51. The molecule has 4 aromatic rings. The molecule has 0 aliphatic heterocycles. The summed E-state index contributed by atoms with van der Waals surface area (Å²) >= 11 is 0. The molecule has 0 amide bonds. The third-order valence-corrected chi connectivity index (χ3v) is 7.32. The molecule has 4 nitrogen and oxygen atoms in total. The molecule has 0 bridgehead atoms. The normalized spacial score (nSPS) is 14.8. The van der Waals surface area contributed by atoms with E-state index in [4.69, 9.17) is 0 Å². The van der Waals surface area contributed by atoms with Gasteiger partial charge in [0.2, 0.25) is 0 Å². The van der Waals surface area contributed by atoms with E-state index in [1.54, 1.807) is 6.20 Å². The molecule has 1 heterocycles. The first-order valence-corrected chi connectivity index (χ1v) is 12.6. The molecule has 1 aliphatic carbocycles. The van der Waals surface area contributed by atoms with E-state index < -0.39 is 12.1 Å². The Balaban J connectivity index is 1.28. The van der Waals surface area contributed by atoms with Crippen molar-refractivity contribution in [2.24, 2.45) is 0 Å². The van der Waals surface area contributed by atoms with E-state index in [1.807, 2.05) is 30.3 Å². The van der Waals surface area contributed by atoms with Crippen LogP contribution in [0.1, 0.15) is 54.9 Å². The van der Waals surface area contributed by atoms with Crippen molar-refractivity contribution >= 4 is 5.97 Å². The maximum absolute atomic E-state index is 11.2. The fourth-order valence-corrected chi connectivity index (χ4v) is 5.07. The second kappa shape index (κ2) is 10.5. The summed E-state index contributed by atoms with van der Waals surface area (Å²) in [5.74, 6) is -0.734. The fourth-order valence-electron chi connectivity index (χ4n) is 5.07. The maximum Gasteiger partial charge on any atom is 0.304 e. The van der Waals surface area contributed by atoms with E-state index in [1.165, 1.54) is 5.56 Å². The van der Waals surface area contributed by atoms with Crippen LogP contribution in [0.3, 0.4) is 0 Å². The van der Waals surface area contributed by atoms with Crippen LogP contribution in [-0.2, 0) is 16.6 Å². The molecule has 2 N–H and O–H groups in total. The van der Waals surface area contributed by atoms with Gasteiger partial charge < -0.3 is 10.2 Å². The summed E-state index contributed by atoms with van der Waals surface area (Å²) in [5.41, 5.74) is 7.07. The van der Waals surface area contributed by atoms with Crippen LogP contribution in [0.25, 0.3) is 22.4 Å². The number of carboxylic acid groups (broad SMARTS) is 1. The lowest BCUT2D eigenvalue weighted by atomic mass is 9.90. The Kier molecular flexibility index (Phi) is 6.97. The maximum atomic E-state index is 11.2. The minimum atomic E-state index is -0.734. The van der Waals surface area contributed by atoms with Gasteiger partial charge in [0.1, 0.15) is 0 Å². The average molecular weight is 478 g/mol.